The molecule has 8 aliphatic heterocycles. The molecule has 5 aliphatic carbocycles. The molecule has 0 radical (unpaired) electrons. The number of carbonyl (C=O) groups is 5. The molecule has 0 aromatic rings. The van der Waals surface area contributed by atoms with Gasteiger partial charge in [-0.1, -0.05) is 93.7 Å². The fourth-order valence-electron chi connectivity index (χ4n) is 24.4. The van der Waals surface area contributed by atoms with E-state index in [1.165, 1.54) is 20.8 Å². The molecule has 8 heterocycles. The van der Waals surface area contributed by atoms with E-state index < -0.39 is 377 Å². The Morgan fingerprint density at radius 1 is 0.468 bits per heavy atom. The van der Waals surface area contributed by atoms with Crippen LogP contribution in [0.5, 0.6) is 0 Å². The molecule has 46 heteroatoms. The zero-order valence-electron chi connectivity index (χ0n) is 80.5. The van der Waals surface area contributed by atoms with Gasteiger partial charge >= 0.3 is 23.9 Å². The molecule has 0 spiro atoms. The number of carboxylic acids is 1. The summed E-state index contributed by atoms with van der Waals surface area (Å²) in [7, 11) is 0. The van der Waals surface area contributed by atoms with Crippen LogP contribution in [0.2, 0.25) is 0 Å². The number of hydrogen-bond acceptors (Lipinski definition) is 45. The number of esters is 3. The summed E-state index contributed by atoms with van der Waals surface area (Å²) in [5, 5.41) is 257. The van der Waals surface area contributed by atoms with Crippen LogP contribution < -0.4 is 0 Å². The van der Waals surface area contributed by atoms with Crippen LogP contribution in [0.25, 0.3) is 0 Å². The van der Waals surface area contributed by atoms with Crippen LogP contribution >= 0.6 is 0 Å². The van der Waals surface area contributed by atoms with Gasteiger partial charge in [0, 0.05) is 12.8 Å². The maximum atomic E-state index is 16.4. The van der Waals surface area contributed by atoms with Crippen molar-refractivity contribution < 1.29 is 227 Å². The van der Waals surface area contributed by atoms with E-state index in [-0.39, 0.29) is 43.9 Å². The van der Waals surface area contributed by atoms with E-state index in [9.17, 15) is 137 Å². The first-order chi connectivity index (χ1) is 65.2. The lowest BCUT2D eigenvalue weighted by molar-refractivity contribution is -0.394. The van der Waals surface area contributed by atoms with Gasteiger partial charge in [-0.15, -0.1) is 0 Å². The van der Waals surface area contributed by atoms with Crippen molar-refractivity contribution in [2.75, 3.05) is 26.4 Å². The lowest BCUT2D eigenvalue weighted by atomic mass is 9.33. The summed E-state index contributed by atoms with van der Waals surface area (Å²) >= 11 is 0. The summed E-state index contributed by atoms with van der Waals surface area (Å²) in [6.07, 6.45) is -71.2. The Balaban J connectivity index is 0.750. The molecule has 4 saturated carbocycles. The number of aliphatic hydroxyl groups excluding tert-OH is 22. The van der Waals surface area contributed by atoms with E-state index in [1.807, 2.05) is 20.8 Å². The van der Waals surface area contributed by atoms with Crippen molar-refractivity contribution in [3.63, 3.8) is 0 Å². The van der Waals surface area contributed by atoms with E-state index in [0.29, 0.717) is 51.4 Å². The molecular weight excluding hydrogens is 1850 g/mol. The predicted molar refractivity (Wildman–Crippen MR) is 463 cm³/mol. The Morgan fingerprint density at radius 3 is 1.61 bits per heavy atom. The van der Waals surface area contributed by atoms with E-state index in [1.54, 1.807) is 27.7 Å². The third kappa shape index (κ3) is 21.9. The second-order valence-corrected chi connectivity index (χ2v) is 42.9. The smallest absolute Gasteiger partial charge is 0.335 e. The van der Waals surface area contributed by atoms with Crippen LogP contribution in [0.3, 0.4) is 0 Å². The van der Waals surface area contributed by atoms with Crippen molar-refractivity contribution in [2.45, 2.75) is 450 Å². The zero-order valence-corrected chi connectivity index (χ0v) is 80.5. The average Bonchev–Trinajstić information content (AvgIpc) is 0.878. The third-order valence-corrected chi connectivity index (χ3v) is 33.5. The molecule has 46 nitrogen and oxygen atoms in total. The van der Waals surface area contributed by atoms with E-state index in [0.717, 1.165) is 11.9 Å². The topological polar surface area (TPSA) is 717 Å². The molecule has 0 unspecified atom stereocenters. The first kappa shape index (κ1) is 112. The number of carboxylic acid groups (broad SMARTS) is 1. The van der Waals surface area contributed by atoms with Crippen molar-refractivity contribution in [2.24, 2.45) is 62.1 Å². The molecule has 139 heavy (non-hydrogen) atoms. The van der Waals surface area contributed by atoms with Gasteiger partial charge in [0.25, 0.3) is 0 Å². The number of fused-ring (bicyclic) bond motifs is 7. The molecule has 12 fully saturated rings. The lowest BCUT2D eigenvalue weighted by Crippen LogP contribution is -2.69. The molecule has 8 saturated heterocycles. The van der Waals surface area contributed by atoms with Crippen molar-refractivity contribution in [1.82, 2.24) is 0 Å². The van der Waals surface area contributed by atoms with Crippen LogP contribution in [-0.2, 0) is 109 Å². The van der Waals surface area contributed by atoms with Gasteiger partial charge < -0.3 is 208 Å². The van der Waals surface area contributed by atoms with Crippen LogP contribution in [0.15, 0.2) is 11.6 Å². The molecule has 0 bridgehead atoms. The van der Waals surface area contributed by atoms with Gasteiger partial charge in [-0.05, 0) is 130 Å². The minimum atomic E-state index is -2.27. The normalized spacial score (nSPS) is 49.1. The molecule has 0 aromatic heterocycles. The molecular formula is C93H150O46. The summed E-state index contributed by atoms with van der Waals surface area (Å²) in [6.45, 7) is 20.6. The first-order valence-corrected chi connectivity index (χ1v) is 48.8. The Morgan fingerprint density at radius 2 is 0.986 bits per heavy atom. The zero-order chi connectivity index (χ0) is 102. The Labute approximate surface area is 804 Å². The second-order valence-electron chi connectivity index (χ2n) is 42.9. The molecule has 53 atom stereocenters. The average molecular weight is 2000 g/mol. The molecule has 23 N–H and O–H groups in total. The van der Waals surface area contributed by atoms with Gasteiger partial charge in [-0.3, -0.25) is 14.4 Å². The highest BCUT2D eigenvalue weighted by molar-refractivity contribution is 5.80. The quantitative estimate of drug-likeness (QED) is 0.00941. The summed E-state index contributed by atoms with van der Waals surface area (Å²) in [6, 6.07) is 0. The number of allylic oxidation sites excluding steroid dienone is 2. The number of aliphatic hydroxyl groups is 22. The Hall–Kier alpha value is -4.19. The fourth-order valence-corrected chi connectivity index (χ4v) is 24.4. The third-order valence-electron chi connectivity index (χ3n) is 33.5. The number of aldehydes is 1. The summed E-state index contributed by atoms with van der Waals surface area (Å²) in [5.41, 5.74) is -5.55. The minimum Gasteiger partial charge on any atom is -0.479 e. The molecule has 0 aromatic carbocycles. The summed E-state index contributed by atoms with van der Waals surface area (Å²) in [4.78, 5) is 72.2. The Bertz CT molecular complexity index is 4120. The van der Waals surface area contributed by atoms with Crippen LogP contribution in [0, 0.1) is 62.1 Å². The van der Waals surface area contributed by atoms with Gasteiger partial charge in [-0.2, -0.15) is 0 Å². The van der Waals surface area contributed by atoms with Crippen LogP contribution in [0.1, 0.15) is 186 Å². The van der Waals surface area contributed by atoms with Crippen molar-refractivity contribution >= 4 is 30.2 Å². The fraction of sp³-hybridized carbons (Fsp3) is 0.925. The number of rotatable bonds is 34. The van der Waals surface area contributed by atoms with Crippen LogP contribution in [0.4, 0.5) is 0 Å². The van der Waals surface area contributed by atoms with E-state index >= 15 is 4.79 Å². The molecule has 13 aliphatic rings. The van der Waals surface area contributed by atoms with Gasteiger partial charge in [0.2, 0.25) is 6.29 Å². The number of hydrogen-bond donors (Lipinski definition) is 23. The maximum absolute atomic E-state index is 16.4. The van der Waals surface area contributed by atoms with Gasteiger partial charge in [0.05, 0.1) is 93.5 Å². The maximum Gasteiger partial charge on any atom is 0.335 e. The number of ether oxygens (including phenoxy) is 18. The lowest BCUT2D eigenvalue weighted by Gasteiger charge is -2.71. The number of aliphatic carboxylic acids is 1. The molecule has 13 rings (SSSR count). The monoisotopic (exact) mass is 2000 g/mol. The van der Waals surface area contributed by atoms with Crippen molar-refractivity contribution in [3.05, 3.63) is 11.6 Å². The largest absolute Gasteiger partial charge is 0.479 e. The predicted octanol–water partition coefficient (Wildman–Crippen LogP) is -5.30. The van der Waals surface area contributed by atoms with E-state index in [2.05, 4.69) is 26.8 Å². The van der Waals surface area contributed by atoms with Crippen molar-refractivity contribution in [3.8, 4) is 0 Å². The SMILES string of the molecule is CC[C@H](C)[C@H](C[C@H](O)CC(=O)O[C@@H]1[C@H](O)[C@@H](O[C@@H]2O[C@@H](C)[C@H](O[C@@H]3OC[C@@H](O)[C@H](O[C@@H]4OC[C@@H](O)[C@H](O)[C@H]4O)[C@H]3O)[C@@H](O)[C@H]2O)[C@H](OC(=O)[C@]23CCC(C)(C)C[C@H]2C2=CC[C@@H]4[C@@]5(C)CC[C@H](O[C@@H]6O[C@H](C(=O)O)[C@@H](O)[C@H](O[C@@H]7O[C@@H](C)[C@H](O)[C@@H](O)[C@H]7O)[C@H]6O[C@@H]6O[C@H](CO)[C@H](O)[C@H](O)[C@H]6O)[C@@](C)(C=O)[C@@H]5CC[C@@]4(C)[C@]2(C)C[C@H]3O)O[C@@H]1C)OC(=O)C[C@@H](O)C[C@H](O[C@@H]1O[C@@H](CO)[C@H](O)[C@H]1O)[C@@H](C)CC. The van der Waals surface area contributed by atoms with Gasteiger partial charge in [0.15, 0.2) is 62.3 Å². The van der Waals surface area contributed by atoms with Gasteiger partial charge in [0.1, 0.15) is 158 Å². The standard InChI is InChI=1S/C93H150O46/c1-14-35(3)46(127-54(102)26-41(98)25-47(36(4)15-2)128-83-64(112)59(107)49(31-95)129-83)24-40(97)27-55(103)132-72-39(7)126-85(76(68(72)116)137-82-67(115)62(110)71(38(6)125-82)133-80-70(118)73(45(100)33-123-80)134-79-63(111)57(105)44(99)32-122-79)139-87(121)93-23-22-88(8,9)28-43(93)42-16-17-51-89(10)20-19-53(90(11,34-96)50(89)18-21-91(51,12)92(42,13)29-52(93)101)131-86-77(138-84-66(114)61(109)58(106)48(30-94)130-84)74(69(117)75(136-86)78(119)120)135-81-65(113)60(108)56(104)37(5)124-81/h16,34-41,43-53,56-77,79-86,94-95,97-101,104-118H,14-15,17-33H2,1-13H3,(H,119,120)/t35-,36-,37-,38-,39+,40-,41-,43-,44+,45+,46-,47-,48+,49-,50+,51+,52+,53-,56-,57-,58-,59-,60+,61-,62-,63+,64+,65+,66+,67+,68-,69-,70+,71-,72-,73-,74-,75-,76+,77+,79-,80-,81-,82-,83+,84-,85-,86+,89-,90-,91+,92+,93+/m0/s1. The van der Waals surface area contributed by atoms with E-state index in [4.69, 9.17) is 85.3 Å². The van der Waals surface area contributed by atoms with Crippen LogP contribution in [-0.4, -0.2) is 438 Å². The molecule has 0 amide bonds. The first-order valence-electron chi connectivity index (χ1n) is 48.8. The Kier molecular flexibility index (Phi) is 36.0. The van der Waals surface area contributed by atoms with Crippen molar-refractivity contribution in [1.29, 1.82) is 0 Å². The van der Waals surface area contributed by atoms with Gasteiger partial charge in [-0.25, -0.2) is 4.79 Å². The number of carbonyl (C=O) groups excluding carboxylic acids is 4. The summed E-state index contributed by atoms with van der Waals surface area (Å²) in [5.74, 6) is -7.26. The highest BCUT2D eigenvalue weighted by Gasteiger charge is 2.74. The highest BCUT2D eigenvalue weighted by atomic mass is 16.8. The summed E-state index contributed by atoms with van der Waals surface area (Å²) < 4.78 is 109. The minimum absolute atomic E-state index is 0.0121. The second kappa shape index (κ2) is 44.7. The molecule has 798 valence electrons. The highest BCUT2D eigenvalue weighted by Crippen LogP contribution is 2.76.